The molecule has 0 saturated heterocycles. The van der Waals surface area contributed by atoms with E-state index in [0.717, 1.165) is 10.6 Å². The summed E-state index contributed by atoms with van der Waals surface area (Å²) >= 11 is 5.76. The van der Waals surface area contributed by atoms with Gasteiger partial charge in [0.1, 0.15) is 10.8 Å². The molecule has 0 aliphatic heterocycles. The lowest BCUT2D eigenvalue weighted by atomic mass is 10.3. The van der Waals surface area contributed by atoms with Crippen molar-refractivity contribution in [3.8, 4) is 0 Å². The summed E-state index contributed by atoms with van der Waals surface area (Å²) in [5.74, 6) is -1.42. The van der Waals surface area contributed by atoms with Gasteiger partial charge in [-0.1, -0.05) is 72.3 Å². The number of rotatable bonds is 3. The monoisotopic (exact) mass is 332 g/mol. The maximum Gasteiger partial charge on any atom is 0.153 e. The van der Waals surface area contributed by atoms with E-state index in [1.165, 1.54) is 12.1 Å². The van der Waals surface area contributed by atoms with Crippen molar-refractivity contribution in [1.29, 1.82) is 0 Å². The molecule has 0 atom stereocenters. The summed E-state index contributed by atoms with van der Waals surface area (Å²) < 4.78 is 28.0. The van der Waals surface area contributed by atoms with Gasteiger partial charge < -0.3 is 0 Å². The second kappa shape index (κ2) is 6.56. The molecule has 0 unspecified atom stereocenters. The van der Waals surface area contributed by atoms with Gasteiger partial charge in [-0.2, -0.15) is 0 Å². The first-order valence-corrected chi connectivity index (χ1v) is 8.44. The molecule has 22 heavy (non-hydrogen) atoms. The van der Waals surface area contributed by atoms with Gasteiger partial charge in [0.2, 0.25) is 0 Å². The van der Waals surface area contributed by atoms with Crippen LogP contribution in [-0.2, 0) is 0 Å². The average molecular weight is 333 g/mol. The van der Waals surface area contributed by atoms with Gasteiger partial charge in [0.15, 0.2) is 5.82 Å². The number of hydrogen-bond donors (Lipinski definition) is 0. The molecule has 0 saturated carbocycles. The Morgan fingerprint density at radius 1 is 0.682 bits per heavy atom. The number of hydrogen-bond acceptors (Lipinski definition) is 0. The first-order valence-electron chi connectivity index (χ1n) is 6.72. The van der Waals surface area contributed by atoms with Crippen molar-refractivity contribution in [1.82, 2.24) is 0 Å². The Bertz CT molecular complexity index is 736. The van der Waals surface area contributed by atoms with E-state index >= 15 is 0 Å². The fourth-order valence-electron chi connectivity index (χ4n) is 2.27. The van der Waals surface area contributed by atoms with Gasteiger partial charge in [0.25, 0.3) is 0 Å². The topological polar surface area (TPSA) is 0 Å². The minimum atomic E-state index is -1.12. The SMILES string of the molecule is Fc1ccc(P(c2ccccc2)c2ccccc2)c(F)c1Cl. The molecule has 0 fully saturated rings. The molecule has 0 N–H and O–H groups in total. The third-order valence-corrected chi connectivity index (χ3v) is 6.09. The van der Waals surface area contributed by atoms with Crippen LogP contribution in [0.4, 0.5) is 8.78 Å². The normalized spacial score (nSPS) is 10.9. The molecule has 0 aliphatic rings. The van der Waals surface area contributed by atoms with Crippen LogP contribution in [0.2, 0.25) is 5.02 Å². The summed E-state index contributed by atoms with van der Waals surface area (Å²) in [4.78, 5) is 0. The van der Waals surface area contributed by atoms with E-state index in [4.69, 9.17) is 11.6 Å². The van der Waals surface area contributed by atoms with E-state index in [2.05, 4.69) is 0 Å². The van der Waals surface area contributed by atoms with Crippen LogP contribution < -0.4 is 15.9 Å². The van der Waals surface area contributed by atoms with Crippen LogP contribution in [0, 0.1) is 11.6 Å². The highest BCUT2D eigenvalue weighted by molar-refractivity contribution is 7.79. The quantitative estimate of drug-likeness (QED) is 0.493. The van der Waals surface area contributed by atoms with E-state index in [1.54, 1.807) is 0 Å². The molecule has 0 amide bonds. The molecule has 3 aromatic rings. The Morgan fingerprint density at radius 3 is 1.68 bits per heavy atom. The van der Waals surface area contributed by atoms with Crippen molar-refractivity contribution in [2.24, 2.45) is 0 Å². The lowest BCUT2D eigenvalue weighted by molar-refractivity contribution is 0.589. The highest BCUT2D eigenvalue weighted by Crippen LogP contribution is 2.35. The van der Waals surface area contributed by atoms with Crippen molar-refractivity contribution >= 4 is 35.4 Å². The van der Waals surface area contributed by atoms with Crippen LogP contribution >= 0.6 is 19.5 Å². The largest absolute Gasteiger partial charge is 0.205 e. The van der Waals surface area contributed by atoms with E-state index in [1.807, 2.05) is 60.7 Å². The van der Waals surface area contributed by atoms with Gasteiger partial charge in [0, 0.05) is 5.30 Å². The highest BCUT2D eigenvalue weighted by Gasteiger charge is 2.22. The Labute approximate surface area is 134 Å². The molecule has 3 aromatic carbocycles. The lowest BCUT2D eigenvalue weighted by Gasteiger charge is -2.20. The minimum absolute atomic E-state index is 0.429. The smallest absolute Gasteiger partial charge is 0.153 e. The Balaban J connectivity index is 2.21. The fraction of sp³-hybridized carbons (Fsp3) is 0. The molecule has 4 heteroatoms. The first kappa shape index (κ1) is 15.1. The molecule has 0 bridgehead atoms. The molecule has 0 aliphatic carbocycles. The van der Waals surface area contributed by atoms with E-state index in [-0.39, 0.29) is 0 Å². The van der Waals surface area contributed by atoms with Crippen molar-refractivity contribution in [3.05, 3.63) is 89.5 Å². The molecule has 0 radical (unpaired) electrons. The zero-order chi connectivity index (χ0) is 15.5. The Morgan fingerprint density at radius 2 is 1.18 bits per heavy atom. The summed E-state index contributed by atoms with van der Waals surface area (Å²) in [5, 5.41) is 1.96. The summed E-state index contributed by atoms with van der Waals surface area (Å²) in [5.41, 5.74) is 0. The summed E-state index contributed by atoms with van der Waals surface area (Å²) in [7, 11) is -1.12. The molecule has 0 aromatic heterocycles. The Kier molecular flexibility index (Phi) is 4.52. The maximum atomic E-state index is 14.5. The second-order valence-corrected chi connectivity index (χ2v) is 7.26. The zero-order valence-electron chi connectivity index (χ0n) is 11.5. The van der Waals surface area contributed by atoms with Crippen LogP contribution in [0.5, 0.6) is 0 Å². The van der Waals surface area contributed by atoms with Gasteiger partial charge in [-0.3, -0.25) is 0 Å². The van der Waals surface area contributed by atoms with Crippen LogP contribution in [0.1, 0.15) is 0 Å². The first-order chi connectivity index (χ1) is 10.7. The third kappa shape index (κ3) is 2.90. The summed E-state index contributed by atoms with van der Waals surface area (Å²) in [6.45, 7) is 0. The minimum Gasteiger partial charge on any atom is -0.205 e. The van der Waals surface area contributed by atoms with E-state index in [9.17, 15) is 8.78 Å². The maximum absolute atomic E-state index is 14.5. The zero-order valence-corrected chi connectivity index (χ0v) is 13.2. The number of halogens is 3. The molecule has 0 heterocycles. The Hall–Kier alpha value is -1.76. The van der Waals surface area contributed by atoms with Crippen LogP contribution in [0.15, 0.2) is 72.8 Å². The van der Waals surface area contributed by atoms with E-state index < -0.39 is 24.6 Å². The summed E-state index contributed by atoms with van der Waals surface area (Å²) in [6.07, 6.45) is 0. The van der Waals surface area contributed by atoms with Crippen LogP contribution in [0.3, 0.4) is 0 Å². The average Bonchev–Trinajstić information content (AvgIpc) is 2.57. The van der Waals surface area contributed by atoms with E-state index in [0.29, 0.717) is 5.30 Å². The molecule has 3 rings (SSSR count). The van der Waals surface area contributed by atoms with Gasteiger partial charge in [-0.25, -0.2) is 8.78 Å². The third-order valence-electron chi connectivity index (χ3n) is 3.28. The predicted octanol–water partition coefficient (Wildman–Crippen LogP) is 4.38. The predicted molar refractivity (Wildman–Crippen MR) is 90.1 cm³/mol. The highest BCUT2D eigenvalue weighted by atomic mass is 35.5. The molecule has 0 nitrogen and oxygen atoms in total. The van der Waals surface area contributed by atoms with Crippen molar-refractivity contribution < 1.29 is 8.78 Å². The lowest BCUT2D eigenvalue weighted by Crippen LogP contribution is -2.23. The summed E-state index contributed by atoms with van der Waals surface area (Å²) in [6, 6.07) is 22.0. The van der Waals surface area contributed by atoms with Gasteiger partial charge in [-0.05, 0) is 30.7 Å². The molecule has 0 spiro atoms. The van der Waals surface area contributed by atoms with Crippen LogP contribution in [-0.4, -0.2) is 0 Å². The number of benzene rings is 3. The standard InChI is InChI=1S/C18H12ClF2P/c19-17-15(20)11-12-16(18(17)21)22(13-7-3-1-4-8-13)14-9-5-2-6-10-14/h1-12H. The second-order valence-electron chi connectivity index (χ2n) is 4.70. The van der Waals surface area contributed by atoms with Gasteiger partial charge in [-0.15, -0.1) is 0 Å². The van der Waals surface area contributed by atoms with Crippen molar-refractivity contribution in [3.63, 3.8) is 0 Å². The molecular weight excluding hydrogens is 321 g/mol. The molecular formula is C18H12ClF2P. The van der Waals surface area contributed by atoms with Crippen molar-refractivity contribution in [2.45, 2.75) is 0 Å². The van der Waals surface area contributed by atoms with Gasteiger partial charge in [0.05, 0.1) is 0 Å². The van der Waals surface area contributed by atoms with Gasteiger partial charge >= 0.3 is 0 Å². The van der Waals surface area contributed by atoms with Crippen LogP contribution in [0.25, 0.3) is 0 Å². The molecule has 110 valence electrons. The fourth-order valence-corrected chi connectivity index (χ4v) is 4.83. The van der Waals surface area contributed by atoms with Crippen molar-refractivity contribution in [2.75, 3.05) is 0 Å².